The van der Waals surface area contributed by atoms with Gasteiger partial charge in [-0.05, 0) is 29.6 Å². The van der Waals surface area contributed by atoms with Crippen molar-refractivity contribution in [2.24, 2.45) is 0 Å². The van der Waals surface area contributed by atoms with Gasteiger partial charge in [0.15, 0.2) is 0 Å². The van der Waals surface area contributed by atoms with Crippen molar-refractivity contribution in [2.75, 3.05) is 31.6 Å². The number of nitrogens with one attached hydrogen (secondary N) is 2. The van der Waals surface area contributed by atoms with E-state index < -0.39 is 73.3 Å². The molecule has 2 fully saturated rings. The van der Waals surface area contributed by atoms with Gasteiger partial charge in [0.05, 0.1) is 24.2 Å². The summed E-state index contributed by atoms with van der Waals surface area (Å²) in [5.74, 6) is -4.53. The normalized spacial score (nSPS) is 31.6. The zero-order chi connectivity index (χ0) is 33.4. The maximum atomic E-state index is 13.6. The fourth-order valence-corrected chi connectivity index (χ4v) is 3.72. The molecular weight excluding hydrogens is 420 g/mol. The standard InChI is InChI=1S/C25H28N4O4/c30-23-9-8-22(24(31)27-23)29-16-20-19(25(29)32)2-1-3-21(20)26-14-17-4-6-18(7-5-17)15-28-10-12-33-13-11-28/h1-7,22,26H,8-16H2,(H,27,30,31)/t22-/m1/s1/i1D,2D,3D,4D,5D,6D,7D,8D2,9D2,22D. The van der Waals surface area contributed by atoms with Crippen LogP contribution in [0.5, 0.6) is 0 Å². The molecule has 3 amide bonds. The molecule has 172 valence electrons. The number of benzene rings is 2. The van der Waals surface area contributed by atoms with E-state index in [9.17, 15) is 14.4 Å². The second kappa shape index (κ2) is 9.33. The summed E-state index contributed by atoms with van der Waals surface area (Å²) in [5, 5.41) is 4.35. The molecule has 1 atom stereocenters. The highest BCUT2D eigenvalue weighted by molar-refractivity contribution is 6.06. The van der Waals surface area contributed by atoms with Crippen molar-refractivity contribution in [3.8, 4) is 0 Å². The van der Waals surface area contributed by atoms with Crippen LogP contribution in [0.25, 0.3) is 0 Å². The minimum Gasteiger partial charge on any atom is -0.381 e. The van der Waals surface area contributed by atoms with Gasteiger partial charge in [-0.25, -0.2) is 0 Å². The molecule has 2 aromatic rings. The third-order valence-corrected chi connectivity index (χ3v) is 5.42. The molecule has 0 aliphatic carbocycles. The molecule has 0 unspecified atom stereocenters. The number of ether oxygens (including phenoxy) is 1. The molecule has 33 heavy (non-hydrogen) atoms. The van der Waals surface area contributed by atoms with Crippen LogP contribution in [0.2, 0.25) is 0 Å². The smallest absolute Gasteiger partial charge is 0.255 e. The number of hydrogen-bond donors (Lipinski definition) is 2. The lowest BCUT2D eigenvalue weighted by molar-refractivity contribution is -0.136. The minimum absolute atomic E-state index is 0.0989. The van der Waals surface area contributed by atoms with Gasteiger partial charge in [0.25, 0.3) is 5.91 Å². The van der Waals surface area contributed by atoms with Crippen LogP contribution in [0.4, 0.5) is 5.69 Å². The fourth-order valence-electron chi connectivity index (χ4n) is 3.72. The van der Waals surface area contributed by atoms with Crippen LogP contribution in [0.3, 0.4) is 0 Å². The average molecular weight is 461 g/mol. The molecule has 0 saturated carbocycles. The molecule has 8 nitrogen and oxygen atoms in total. The Morgan fingerprint density at radius 3 is 2.67 bits per heavy atom. The number of anilines is 1. The second-order valence-electron chi connectivity index (χ2n) is 7.58. The molecule has 2 saturated heterocycles. The highest BCUT2D eigenvalue weighted by Crippen LogP contribution is 2.32. The third-order valence-electron chi connectivity index (χ3n) is 5.42. The van der Waals surface area contributed by atoms with E-state index >= 15 is 0 Å². The van der Waals surface area contributed by atoms with Crippen molar-refractivity contribution in [2.45, 2.75) is 38.4 Å². The van der Waals surface area contributed by atoms with Crippen LogP contribution in [-0.4, -0.2) is 59.8 Å². The predicted octanol–water partition coefficient (Wildman–Crippen LogP) is 1.89. The van der Waals surface area contributed by atoms with Gasteiger partial charge < -0.3 is 15.0 Å². The number of carbonyl (C=O) groups excluding carboxylic acids is 3. The molecular formula is C25H28N4O4. The minimum atomic E-state index is -3.57. The number of imide groups is 1. The number of rotatable bonds is 6. The number of piperidine rings is 1. The van der Waals surface area contributed by atoms with Gasteiger partial charge in [0.1, 0.15) is 6.02 Å². The molecule has 5 rings (SSSR count). The van der Waals surface area contributed by atoms with Crippen molar-refractivity contribution in [3.05, 3.63) is 64.6 Å². The Balaban J connectivity index is 1.52. The van der Waals surface area contributed by atoms with E-state index in [1.807, 2.05) is 4.90 Å². The highest BCUT2D eigenvalue weighted by Gasteiger charge is 2.39. The Morgan fingerprint density at radius 1 is 1.12 bits per heavy atom. The van der Waals surface area contributed by atoms with E-state index in [0.29, 0.717) is 31.2 Å². The molecule has 2 aromatic carbocycles. The first kappa shape index (κ1) is 11.8. The summed E-state index contributed by atoms with van der Waals surface area (Å²) in [4.78, 5) is 40.8. The first-order valence-corrected chi connectivity index (χ1v) is 10.3. The maximum absolute atomic E-state index is 13.6. The summed E-state index contributed by atoms with van der Waals surface area (Å²) in [6.45, 7) is 1.01. The van der Waals surface area contributed by atoms with E-state index in [4.69, 9.17) is 21.2 Å². The lowest BCUT2D eigenvalue weighted by Crippen LogP contribution is -2.52. The molecule has 0 spiro atoms. The fraction of sp³-hybridized carbons (Fsp3) is 0.400. The third kappa shape index (κ3) is 4.62. The highest BCUT2D eigenvalue weighted by atomic mass is 16.5. The van der Waals surface area contributed by atoms with E-state index in [2.05, 4.69) is 5.32 Å². The summed E-state index contributed by atoms with van der Waals surface area (Å²) in [7, 11) is 0. The number of fused-ring (bicyclic) bond motifs is 1. The van der Waals surface area contributed by atoms with E-state index in [0.717, 1.165) is 0 Å². The number of morpholine rings is 1. The Bertz CT molecular complexity index is 1620. The van der Waals surface area contributed by atoms with Gasteiger partial charge >= 0.3 is 0 Å². The summed E-state index contributed by atoms with van der Waals surface area (Å²) in [6, 6.07) is -6.71. The quantitative estimate of drug-likeness (QED) is 0.640. The van der Waals surface area contributed by atoms with Gasteiger partial charge in [-0.2, -0.15) is 0 Å². The Labute approximate surface area is 209 Å². The van der Waals surface area contributed by atoms with Gasteiger partial charge in [-0.1, -0.05) is 30.2 Å². The van der Waals surface area contributed by atoms with Crippen LogP contribution in [0.15, 0.2) is 42.3 Å². The number of carbonyl (C=O) groups is 3. The lowest BCUT2D eigenvalue weighted by atomic mass is 10.0. The largest absolute Gasteiger partial charge is 0.381 e. The summed E-state index contributed by atoms with van der Waals surface area (Å²) >= 11 is 0. The van der Waals surface area contributed by atoms with Crippen molar-refractivity contribution in [1.29, 1.82) is 0 Å². The zero-order valence-corrected chi connectivity index (χ0v) is 17.5. The Hall–Kier alpha value is -3.23. The van der Waals surface area contributed by atoms with Gasteiger partial charge in [0, 0.05) is 61.4 Å². The predicted molar refractivity (Wildman–Crippen MR) is 122 cm³/mol. The SMILES string of the molecule is [2H]c1c([2H])c(NCc2c([2H])c([2H])c(CN3CCOCC3)c([2H])c2[2H])c2c(c1[2H])C(=O)N([C@@]1([2H])C(=O)NC(=O)C([2H])([2H])C1([2H])[2H])C2. The van der Waals surface area contributed by atoms with Gasteiger partial charge in [0.2, 0.25) is 11.8 Å². The van der Waals surface area contributed by atoms with E-state index in [-0.39, 0.29) is 53.1 Å². The van der Waals surface area contributed by atoms with Crippen molar-refractivity contribution >= 4 is 23.4 Å². The van der Waals surface area contributed by atoms with Gasteiger partial charge in [-0.15, -0.1) is 0 Å². The summed E-state index contributed by atoms with van der Waals surface area (Å²) in [6.07, 6.45) is -6.99. The summed E-state index contributed by atoms with van der Waals surface area (Å²) < 4.78 is 106. The molecule has 3 aliphatic rings. The van der Waals surface area contributed by atoms with Crippen molar-refractivity contribution in [3.63, 3.8) is 0 Å². The maximum Gasteiger partial charge on any atom is 0.255 e. The Kier molecular flexibility index (Phi) is 3.32. The average Bonchev–Trinajstić information content (AvgIpc) is 3.34. The van der Waals surface area contributed by atoms with Crippen LogP contribution in [0.1, 0.15) is 56.2 Å². The molecule has 8 heteroatoms. The lowest BCUT2D eigenvalue weighted by Gasteiger charge is -2.29. The number of hydrogen-bond acceptors (Lipinski definition) is 6. The van der Waals surface area contributed by atoms with Gasteiger partial charge in [-0.3, -0.25) is 24.6 Å². The van der Waals surface area contributed by atoms with Crippen LogP contribution >= 0.6 is 0 Å². The van der Waals surface area contributed by atoms with E-state index in [1.165, 1.54) is 0 Å². The summed E-state index contributed by atoms with van der Waals surface area (Å²) in [5.41, 5.74) is -0.927. The zero-order valence-electron chi connectivity index (χ0n) is 29.5. The second-order valence-corrected chi connectivity index (χ2v) is 7.58. The molecule has 0 bridgehead atoms. The molecule has 0 radical (unpaired) electrons. The van der Waals surface area contributed by atoms with Crippen molar-refractivity contribution < 1.29 is 35.6 Å². The molecule has 3 heterocycles. The first-order chi connectivity index (χ1) is 20.9. The first-order valence-electron chi connectivity index (χ1n) is 16.3. The van der Waals surface area contributed by atoms with Crippen molar-refractivity contribution in [1.82, 2.24) is 15.1 Å². The van der Waals surface area contributed by atoms with Crippen LogP contribution < -0.4 is 10.6 Å². The topological polar surface area (TPSA) is 91.0 Å². The van der Waals surface area contributed by atoms with Crippen LogP contribution in [-0.2, 0) is 34.0 Å². The number of nitrogens with zero attached hydrogens (tertiary/aromatic N) is 2. The van der Waals surface area contributed by atoms with Crippen LogP contribution in [0, 0.1) is 0 Å². The molecule has 0 aromatic heterocycles. The van der Waals surface area contributed by atoms with E-state index in [1.54, 1.807) is 5.32 Å². The Morgan fingerprint density at radius 2 is 1.88 bits per heavy atom. The number of amides is 3. The molecule has 3 aliphatic heterocycles. The monoisotopic (exact) mass is 460 g/mol. The molecule has 2 N–H and O–H groups in total.